The lowest BCUT2D eigenvalue weighted by molar-refractivity contribution is -0.142. The predicted octanol–water partition coefficient (Wildman–Crippen LogP) is 6.23. The normalized spacial score (nSPS) is 21.1. The lowest BCUT2D eigenvalue weighted by Gasteiger charge is -2.30. The second-order valence-electron chi connectivity index (χ2n) is 17.2. The highest BCUT2D eigenvalue weighted by Crippen LogP contribution is 2.34. The highest BCUT2D eigenvalue weighted by molar-refractivity contribution is 8.01. The van der Waals surface area contributed by atoms with Crippen LogP contribution in [0.25, 0.3) is 0 Å². The van der Waals surface area contributed by atoms with Crippen LogP contribution in [0.4, 0.5) is 0 Å². The van der Waals surface area contributed by atoms with E-state index in [1.165, 1.54) is 28.4 Å². The molecule has 0 N–H and O–H groups in total. The third-order valence-corrected chi connectivity index (χ3v) is 12.8. The second-order valence-corrected chi connectivity index (χ2v) is 19.6. The summed E-state index contributed by atoms with van der Waals surface area (Å²) in [5, 5.41) is -0.936. The largest absolute Gasteiger partial charge is 0.299 e. The van der Waals surface area contributed by atoms with Gasteiger partial charge in [-0.3, -0.25) is 57.7 Å². The molecule has 1 aliphatic carbocycles. The molecule has 1 saturated carbocycles. The molecule has 3 aliphatic rings. The number of likely N-dealkylation sites (tertiary alicyclic amines) is 2. The first kappa shape index (κ1) is 52.0. The van der Waals surface area contributed by atoms with E-state index in [0.717, 1.165) is 30.6 Å². The molecule has 2 saturated heterocycles. The molecule has 2 aliphatic heterocycles. The van der Waals surface area contributed by atoms with Crippen molar-refractivity contribution in [2.75, 3.05) is 24.6 Å². The monoisotopic (exact) mass is 836 g/mol. The summed E-state index contributed by atoms with van der Waals surface area (Å²) in [6, 6.07) is 0. The van der Waals surface area contributed by atoms with Gasteiger partial charge >= 0.3 is 0 Å². The Labute approximate surface area is 348 Å². The molecule has 3 fully saturated rings. The van der Waals surface area contributed by atoms with E-state index in [9.17, 15) is 47.9 Å². The SMILES string of the molecule is CC(C)C(=O)CC(=O)C(C)C.CC(C)C(=O)CSC1CC(=O)N(CC(=O)C(C)C)C1=O.CC(C)C(=O)CSC1CC(=O)N(CC2CCC(C(=O)C(C)C)CC2)C1=O. The average Bonchev–Trinajstić information content (AvgIpc) is 3.56. The average molecular weight is 837 g/mol. The lowest BCUT2D eigenvalue weighted by Crippen LogP contribution is -2.37. The zero-order valence-corrected chi connectivity index (χ0v) is 38.0. The number of Topliss-reactive ketones (excluding diaryl/α,β-unsaturated/α-hetero) is 6. The summed E-state index contributed by atoms with van der Waals surface area (Å²) in [7, 11) is 0. The molecule has 0 aromatic rings. The number of carbonyl (C=O) groups excluding carboxylic acids is 10. The summed E-state index contributed by atoms with van der Waals surface area (Å²) in [5.41, 5.74) is 0. The zero-order valence-electron chi connectivity index (χ0n) is 36.3. The minimum Gasteiger partial charge on any atom is -0.299 e. The Morgan fingerprint density at radius 3 is 1.25 bits per heavy atom. The molecule has 322 valence electrons. The topological polar surface area (TPSA) is 177 Å². The Hall–Kier alpha value is -3.00. The van der Waals surface area contributed by atoms with Crippen LogP contribution in [0.15, 0.2) is 0 Å². The fraction of sp³-hybridized carbons (Fsp3) is 0.767. The maximum Gasteiger partial charge on any atom is 0.243 e. The van der Waals surface area contributed by atoms with Gasteiger partial charge in [-0.05, 0) is 31.6 Å². The summed E-state index contributed by atoms with van der Waals surface area (Å²) in [5.74, 6) is 0.213. The first-order valence-electron chi connectivity index (χ1n) is 20.5. The van der Waals surface area contributed by atoms with Crippen molar-refractivity contribution in [2.45, 2.75) is 139 Å². The van der Waals surface area contributed by atoms with Crippen molar-refractivity contribution in [3.8, 4) is 0 Å². The smallest absolute Gasteiger partial charge is 0.243 e. The highest BCUT2D eigenvalue weighted by atomic mass is 32.2. The molecule has 0 spiro atoms. The quantitative estimate of drug-likeness (QED) is 0.106. The maximum absolute atomic E-state index is 12.6. The van der Waals surface area contributed by atoms with Gasteiger partial charge in [-0.15, -0.1) is 23.5 Å². The van der Waals surface area contributed by atoms with Gasteiger partial charge in [0.15, 0.2) is 5.78 Å². The molecule has 2 unspecified atom stereocenters. The van der Waals surface area contributed by atoms with E-state index < -0.39 is 10.5 Å². The van der Waals surface area contributed by atoms with Crippen molar-refractivity contribution in [1.29, 1.82) is 0 Å². The number of hydrogen-bond acceptors (Lipinski definition) is 12. The van der Waals surface area contributed by atoms with Gasteiger partial charge < -0.3 is 0 Å². The number of carbonyl (C=O) groups is 10. The number of ketones is 6. The molecule has 57 heavy (non-hydrogen) atoms. The summed E-state index contributed by atoms with van der Waals surface area (Å²) in [6.07, 6.45) is 3.90. The van der Waals surface area contributed by atoms with Gasteiger partial charge in [0, 0.05) is 60.8 Å². The Bertz CT molecular complexity index is 1460. The van der Waals surface area contributed by atoms with Gasteiger partial charge in [0.25, 0.3) is 0 Å². The summed E-state index contributed by atoms with van der Waals surface area (Å²) < 4.78 is 0. The van der Waals surface area contributed by atoms with Crippen molar-refractivity contribution in [2.24, 2.45) is 47.3 Å². The lowest BCUT2D eigenvalue weighted by atomic mass is 9.77. The van der Waals surface area contributed by atoms with Crippen molar-refractivity contribution in [3.63, 3.8) is 0 Å². The zero-order chi connectivity index (χ0) is 43.9. The van der Waals surface area contributed by atoms with Gasteiger partial charge in [0.2, 0.25) is 23.6 Å². The summed E-state index contributed by atoms with van der Waals surface area (Å²) in [4.78, 5) is 120. The van der Waals surface area contributed by atoms with Crippen LogP contribution in [0.3, 0.4) is 0 Å². The predicted molar refractivity (Wildman–Crippen MR) is 224 cm³/mol. The fourth-order valence-electron chi connectivity index (χ4n) is 5.90. The van der Waals surface area contributed by atoms with Gasteiger partial charge in [-0.25, -0.2) is 0 Å². The standard InChI is InChI=1S/C20H31NO4S.C14H21NO4S.C9H16O2/c1-12(2)16(22)11-26-17-9-18(23)21(20(17)25)10-14-5-7-15(8-6-14)19(24)13(3)4;1-8(2)10(16)6-15-13(18)5-12(14(15)19)20-7-11(17)9(3)4;1-6(2)8(10)5-9(11)7(3)4/h12-15,17H,5-11H2,1-4H3;8-9,12H,5-7H2,1-4H3;6-7H,5H2,1-4H3. The van der Waals surface area contributed by atoms with E-state index >= 15 is 0 Å². The third kappa shape index (κ3) is 17.4. The molecule has 0 bridgehead atoms. The van der Waals surface area contributed by atoms with Crippen LogP contribution in [-0.2, 0) is 47.9 Å². The Kier molecular flexibility index (Phi) is 22.6. The Morgan fingerprint density at radius 1 is 0.509 bits per heavy atom. The molecule has 0 radical (unpaired) electrons. The second kappa shape index (κ2) is 24.8. The summed E-state index contributed by atoms with van der Waals surface area (Å²) in [6.45, 7) is 22.2. The highest BCUT2D eigenvalue weighted by Gasteiger charge is 2.42. The van der Waals surface area contributed by atoms with E-state index in [0.29, 0.717) is 18.2 Å². The maximum atomic E-state index is 12.6. The Morgan fingerprint density at radius 2 is 0.877 bits per heavy atom. The van der Waals surface area contributed by atoms with E-state index in [1.807, 2.05) is 55.4 Å². The van der Waals surface area contributed by atoms with Crippen LogP contribution < -0.4 is 0 Å². The fourth-order valence-corrected chi connectivity index (χ4v) is 8.36. The molecule has 3 rings (SSSR count). The number of thioether (sulfide) groups is 2. The van der Waals surface area contributed by atoms with Crippen LogP contribution in [0.2, 0.25) is 0 Å². The third-order valence-electron chi connectivity index (χ3n) is 10.4. The first-order valence-corrected chi connectivity index (χ1v) is 22.6. The number of rotatable bonds is 19. The van der Waals surface area contributed by atoms with Crippen molar-refractivity contribution in [3.05, 3.63) is 0 Å². The molecular weight excluding hydrogens is 769 g/mol. The molecule has 2 atom stereocenters. The van der Waals surface area contributed by atoms with E-state index in [4.69, 9.17) is 0 Å². The van der Waals surface area contributed by atoms with Gasteiger partial charge in [-0.2, -0.15) is 0 Å². The minimum absolute atomic E-state index is 0.0160. The van der Waals surface area contributed by atoms with Crippen molar-refractivity contribution in [1.82, 2.24) is 9.80 Å². The van der Waals surface area contributed by atoms with Gasteiger partial charge in [0.05, 0.1) is 35.0 Å². The van der Waals surface area contributed by atoms with Crippen LogP contribution >= 0.6 is 23.5 Å². The number of imide groups is 2. The van der Waals surface area contributed by atoms with Crippen LogP contribution in [-0.4, -0.2) is 103 Å². The minimum atomic E-state index is -0.523. The molecule has 14 heteroatoms. The molecule has 12 nitrogen and oxygen atoms in total. The molecule has 0 aromatic heterocycles. The summed E-state index contributed by atoms with van der Waals surface area (Å²) >= 11 is 2.50. The van der Waals surface area contributed by atoms with Crippen LogP contribution in [0.5, 0.6) is 0 Å². The van der Waals surface area contributed by atoms with Gasteiger partial charge in [-0.1, -0.05) is 83.1 Å². The van der Waals surface area contributed by atoms with Crippen LogP contribution in [0.1, 0.15) is 128 Å². The van der Waals surface area contributed by atoms with Crippen molar-refractivity contribution >= 4 is 81.9 Å². The molecule has 2 heterocycles. The van der Waals surface area contributed by atoms with Crippen molar-refractivity contribution < 1.29 is 47.9 Å². The van der Waals surface area contributed by atoms with E-state index in [-0.39, 0.29) is 131 Å². The van der Waals surface area contributed by atoms with Crippen LogP contribution in [0, 0.1) is 47.3 Å². The first-order chi connectivity index (χ1) is 26.4. The Balaban J connectivity index is 0.000000464. The number of amides is 4. The number of hydrogen-bond donors (Lipinski definition) is 0. The van der Waals surface area contributed by atoms with Gasteiger partial charge in [0.1, 0.15) is 28.9 Å². The molecular formula is C43H68N2O10S2. The van der Waals surface area contributed by atoms with E-state index in [1.54, 1.807) is 27.7 Å². The molecule has 4 amide bonds. The molecule has 0 aromatic carbocycles. The number of nitrogens with zero attached hydrogens (tertiary/aromatic N) is 2. The van der Waals surface area contributed by atoms with E-state index in [2.05, 4.69) is 0 Å².